The van der Waals surface area contributed by atoms with Gasteiger partial charge in [0.25, 0.3) is 0 Å². The molecule has 1 aromatic heterocycles. The molecular formula is C24H30N2O. The van der Waals surface area contributed by atoms with Crippen molar-refractivity contribution < 1.29 is 4.74 Å². The molecule has 1 fully saturated rings. The number of nitrogens with zero attached hydrogens (tertiary/aromatic N) is 2. The van der Waals surface area contributed by atoms with Gasteiger partial charge in [-0.05, 0) is 56.0 Å². The van der Waals surface area contributed by atoms with Gasteiger partial charge in [0.2, 0.25) is 0 Å². The van der Waals surface area contributed by atoms with Gasteiger partial charge in [-0.2, -0.15) is 0 Å². The molecule has 1 aliphatic carbocycles. The second-order valence-electron chi connectivity index (χ2n) is 7.98. The maximum absolute atomic E-state index is 6.26. The average molecular weight is 363 g/mol. The molecule has 4 rings (SSSR count). The number of aromatic nitrogens is 2. The number of benzene rings is 2. The lowest BCUT2D eigenvalue weighted by atomic mass is 9.87. The lowest BCUT2D eigenvalue weighted by molar-refractivity contribution is 0.209. The molecule has 0 N–H and O–H groups in total. The Hall–Kier alpha value is -2.29. The molecular weight excluding hydrogens is 332 g/mol. The van der Waals surface area contributed by atoms with Gasteiger partial charge in [-0.15, -0.1) is 0 Å². The van der Waals surface area contributed by atoms with Crippen LogP contribution in [0.4, 0.5) is 0 Å². The highest BCUT2D eigenvalue weighted by Crippen LogP contribution is 2.30. The zero-order chi connectivity index (χ0) is 18.6. The molecule has 142 valence electrons. The van der Waals surface area contributed by atoms with Gasteiger partial charge in [-0.25, -0.2) is 4.98 Å². The van der Waals surface area contributed by atoms with Gasteiger partial charge >= 0.3 is 0 Å². The van der Waals surface area contributed by atoms with Crippen molar-refractivity contribution in [1.29, 1.82) is 0 Å². The van der Waals surface area contributed by atoms with Gasteiger partial charge in [0.05, 0.1) is 11.0 Å². The molecule has 3 aromatic rings. The fourth-order valence-electron chi connectivity index (χ4n) is 4.37. The number of fused-ring (bicyclic) bond motifs is 1. The van der Waals surface area contributed by atoms with Crippen LogP contribution in [0.1, 0.15) is 62.9 Å². The predicted molar refractivity (Wildman–Crippen MR) is 111 cm³/mol. The van der Waals surface area contributed by atoms with Crippen molar-refractivity contribution in [1.82, 2.24) is 9.55 Å². The number of ether oxygens (including phenoxy) is 1. The molecule has 0 bridgehead atoms. The molecule has 0 radical (unpaired) electrons. The minimum Gasteiger partial charge on any atom is -0.483 e. The van der Waals surface area contributed by atoms with E-state index in [1.54, 1.807) is 0 Å². The van der Waals surface area contributed by atoms with E-state index in [2.05, 4.69) is 54.8 Å². The Morgan fingerprint density at radius 2 is 1.89 bits per heavy atom. The third-order valence-electron chi connectivity index (χ3n) is 5.84. The Balaban J connectivity index is 1.58. The summed E-state index contributed by atoms with van der Waals surface area (Å²) in [4.78, 5) is 4.93. The second-order valence-corrected chi connectivity index (χ2v) is 7.98. The molecule has 27 heavy (non-hydrogen) atoms. The molecule has 0 spiro atoms. The first-order chi connectivity index (χ1) is 13.2. The van der Waals surface area contributed by atoms with Crippen LogP contribution in [0, 0.1) is 12.8 Å². The minimum atomic E-state index is -0.0782. The van der Waals surface area contributed by atoms with Crippen molar-refractivity contribution >= 4 is 11.0 Å². The number of para-hydroxylation sites is 2. The molecule has 3 heteroatoms. The first-order valence-corrected chi connectivity index (χ1v) is 10.4. The third kappa shape index (κ3) is 4.18. The van der Waals surface area contributed by atoms with Crippen LogP contribution in [0.5, 0.6) is 5.75 Å². The first kappa shape index (κ1) is 18.1. The second kappa shape index (κ2) is 8.16. The highest BCUT2D eigenvalue weighted by molar-refractivity contribution is 5.76. The molecule has 3 nitrogen and oxygen atoms in total. The smallest absolute Gasteiger partial charge is 0.153 e. The summed E-state index contributed by atoms with van der Waals surface area (Å²) in [6.07, 6.45) is 8.14. The first-order valence-electron chi connectivity index (χ1n) is 10.4. The Morgan fingerprint density at radius 1 is 1.07 bits per heavy atom. The van der Waals surface area contributed by atoms with Crippen molar-refractivity contribution in [2.24, 2.45) is 5.92 Å². The van der Waals surface area contributed by atoms with Gasteiger partial charge < -0.3 is 9.30 Å². The van der Waals surface area contributed by atoms with Crippen LogP contribution in [-0.2, 0) is 6.54 Å². The standard InChI is InChI=1S/C24H30N2O/c1-18-9-8-12-21(17-18)27-19(2)24-25-22-13-6-7-14-23(22)26(24)16-15-20-10-4-3-5-11-20/h6-9,12-14,17,19-20H,3-5,10-11,15-16H2,1-2H3. The molecule has 1 aliphatic rings. The van der Waals surface area contributed by atoms with Gasteiger partial charge in [0, 0.05) is 6.54 Å². The lowest BCUT2D eigenvalue weighted by Gasteiger charge is -2.23. The molecule has 1 saturated carbocycles. The Kier molecular flexibility index (Phi) is 5.47. The fraction of sp³-hybridized carbons (Fsp3) is 0.458. The molecule has 0 saturated heterocycles. The summed E-state index contributed by atoms with van der Waals surface area (Å²) in [6, 6.07) is 16.7. The zero-order valence-electron chi connectivity index (χ0n) is 16.5. The molecule has 2 aromatic carbocycles. The Bertz CT molecular complexity index is 892. The van der Waals surface area contributed by atoms with Crippen molar-refractivity contribution in [2.45, 2.75) is 65.0 Å². The van der Waals surface area contributed by atoms with Crippen molar-refractivity contribution in [3.8, 4) is 5.75 Å². The number of hydrogen-bond donors (Lipinski definition) is 0. The summed E-state index contributed by atoms with van der Waals surface area (Å²) in [6.45, 7) is 5.24. The summed E-state index contributed by atoms with van der Waals surface area (Å²) < 4.78 is 8.65. The number of rotatable bonds is 6. The highest BCUT2D eigenvalue weighted by atomic mass is 16.5. The minimum absolute atomic E-state index is 0.0782. The van der Waals surface area contributed by atoms with E-state index in [-0.39, 0.29) is 6.10 Å². The summed E-state index contributed by atoms with van der Waals surface area (Å²) in [5, 5.41) is 0. The maximum Gasteiger partial charge on any atom is 0.153 e. The van der Waals surface area contributed by atoms with Crippen LogP contribution in [0.2, 0.25) is 0 Å². The summed E-state index contributed by atoms with van der Waals surface area (Å²) >= 11 is 0. The van der Waals surface area contributed by atoms with Gasteiger partial charge in [-0.3, -0.25) is 0 Å². The van der Waals surface area contributed by atoms with Crippen LogP contribution in [-0.4, -0.2) is 9.55 Å². The zero-order valence-corrected chi connectivity index (χ0v) is 16.5. The van der Waals surface area contributed by atoms with E-state index < -0.39 is 0 Å². The third-order valence-corrected chi connectivity index (χ3v) is 5.84. The number of imidazole rings is 1. The average Bonchev–Trinajstić information content (AvgIpc) is 3.06. The van der Waals surface area contributed by atoms with Crippen LogP contribution < -0.4 is 4.74 Å². The quantitative estimate of drug-likeness (QED) is 0.503. The Morgan fingerprint density at radius 3 is 2.70 bits per heavy atom. The topological polar surface area (TPSA) is 27.1 Å². The van der Waals surface area contributed by atoms with Crippen LogP contribution in [0.3, 0.4) is 0 Å². The van der Waals surface area contributed by atoms with Gasteiger partial charge in [-0.1, -0.05) is 56.4 Å². The highest BCUT2D eigenvalue weighted by Gasteiger charge is 2.20. The summed E-state index contributed by atoms with van der Waals surface area (Å²) in [5.74, 6) is 2.81. The molecule has 1 heterocycles. The molecule has 0 amide bonds. The summed E-state index contributed by atoms with van der Waals surface area (Å²) in [7, 11) is 0. The van der Waals surface area contributed by atoms with E-state index in [4.69, 9.17) is 9.72 Å². The van der Waals surface area contributed by atoms with Crippen LogP contribution in [0.25, 0.3) is 11.0 Å². The monoisotopic (exact) mass is 362 g/mol. The maximum atomic E-state index is 6.26. The number of hydrogen-bond acceptors (Lipinski definition) is 2. The van der Waals surface area contributed by atoms with Gasteiger partial charge in [0.15, 0.2) is 11.9 Å². The van der Waals surface area contributed by atoms with E-state index in [0.29, 0.717) is 0 Å². The lowest BCUT2D eigenvalue weighted by Crippen LogP contribution is -2.15. The van der Waals surface area contributed by atoms with Gasteiger partial charge in [0.1, 0.15) is 5.75 Å². The van der Waals surface area contributed by atoms with Crippen LogP contribution >= 0.6 is 0 Å². The normalized spacial score (nSPS) is 16.5. The SMILES string of the molecule is Cc1cccc(OC(C)c2nc3ccccc3n2CCC2CCCCC2)c1. The number of aryl methyl sites for hydroxylation is 2. The van der Waals surface area contributed by atoms with Crippen LogP contribution in [0.15, 0.2) is 48.5 Å². The van der Waals surface area contributed by atoms with E-state index in [1.807, 2.05) is 12.1 Å². The van der Waals surface area contributed by atoms with Crippen molar-refractivity contribution in [2.75, 3.05) is 0 Å². The van der Waals surface area contributed by atoms with Crippen molar-refractivity contribution in [3.05, 3.63) is 59.9 Å². The largest absolute Gasteiger partial charge is 0.483 e. The predicted octanol–water partition coefficient (Wildman–Crippen LogP) is 6.46. The molecule has 1 atom stereocenters. The van der Waals surface area contributed by atoms with Crippen molar-refractivity contribution in [3.63, 3.8) is 0 Å². The van der Waals surface area contributed by atoms with E-state index in [9.17, 15) is 0 Å². The van der Waals surface area contributed by atoms with E-state index in [0.717, 1.165) is 29.6 Å². The van der Waals surface area contributed by atoms with E-state index >= 15 is 0 Å². The molecule has 0 aliphatic heterocycles. The Labute approximate surface area is 162 Å². The summed E-state index contributed by atoms with van der Waals surface area (Å²) in [5.41, 5.74) is 3.50. The molecule has 1 unspecified atom stereocenters. The fourth-order valence-corrected chi connectivity index (χ4v) is 4.37. The van der Waals surface area contributed by atoms with E-state index in [1.165, 1.54) is 49.6 Å².